The summed E-state index contributed by atoms with van der Waals surface area (Å²) < 4.78 is 38.5. The molecule has 0 unspecified atom stereocenters. The number of halogens is 3. The summed E-state index contributed by atoms with van der Waals surface area (Å²) >= 11 is 0. The topological polar surface area (TPSA) is 31.4 Å². The fraction of sp³-hybridized carbons (Fsp3) is 0.615. The lowest BCUT2D eigenvalue weighted by Gasteiger charge is -2.46. The van der Waals surface area contributed by atoms with Crippen LogP contribution in [-0.4, -0.2) is 43.7 Å². The van der Waals surface area contributed by atoms with Crippen molar-refractivity contribution in [3.63, 3.8) is 0 Å². The maximum Gasteiger partial charge on any atom is 0.417 e. The molecule has 1 aromatic heterocycles. The summed E-state index contributed by atoms with van der Waals surface area (Å²) in [6.07, 6.45) is -3.40. The molecule has 2 aliphatic rings. The van der Waals surface area contributed by atoms with Gasteiger partial charge in [0.25, 0.3) is 0 Å². The second kappa shape index (κ2) is 4.80. The largest absolute Gasteiger partial charge is 0.417 e. The smallest absolute Gasteiger partial charge is 0.367 e. The number of aromatic nitrogens is 1. The van der Waals surface area contributed by atoms with Gasteiger partial charge in [0.1, 0.15) is 0 Å². The minimum atomic E-state index is -4.35. The van der Waals surface area contributed by atoms with Crippen LogP contribution in [0.3, 0.4) is 0 Å². The van der Waals surface area contributed by atoms with Crippen molar-refractivity contribution >= 4 is 11.5 Å². The van der Waals surface area contributed by atoms with Crippen molar-refractivity contribution in [2.24, 2.45) is 0 Å². The molecule has 0 saturated carbocycles. The van der Waals surface area contributed by atoms with Crippen molar-refractivity contribution in [3.8, 4) is 0 Å². The van der Waals surface area contributed by atoms with E-state index < -0.39 is 11.7 Å². The molecular formula is C13H17F3N4. The Morgan fingerprint density at radius 3 is 2.95 bits per heavy atom. The van der Waals surface area contributed by atoms with Gasteiger partial charge in [-0.05, 0) is 13.0 Å². The van der Waals surface area contributed by atoms with E-state index in [0.29, 0.717) is 18.1 Å². The van der Waals surface area contributed by atoms with Gasteiger partial charge in [0.2, 0.25) is 0 Å². The molecule has 3 rings (SSSR count). The Kier molecular flexibility index (Phi) is 3.24. The number of alkyl halides is 3. The monoisotopic (exact) mass is 286 g/mol. The van der Waals surface area contributed by atoms with Gasteiger partial charge < -0.3 is 15.1 Å². The van der Waals surface area contributed by atoms with Crippen LogP contribution in [0, 0.1) is 0 Å². The Labute approximate surface area is 115 Å². The minimum absolute atomic E-state index is 0.278. The zero-order valence-electron chi connectivity index (χ0n) is 11.2. The Balaban J connectivity index is 2.04. The highest BCUT2D eigenvalue weighted by Gasteiger charge is 2.37. The lowest BCUT2D eigenvalue weighted by Crippen LogP contribution is -2.59. The molecule has 0 aliphatic carbocycles. The lowest BCUT2D eigenvalue weighted by atomic mass is 10.1. The van der Waals surface area contributed by atoms with Gasteiger partial charge in [-0.3, -0.25) is 0 Å². The molecule has 1 aromatic rings. The van der Waals surface area contributed by atoms with Crippen molar-refractivity contribution < 1.29 is 13.2 Å². The first-order valence-corrected chi connectivity index (χ1v) is 6.80. The maximum atomic E-state index is 12.8. The molecule has 1 saturated heterocycles. The fourth-order valence-electron chi connectivity index (χ4n) is 2.91. The zero-order chi connectivity index (χ0) is 14.3. The third-order valence-corrected chi connectivity index (χ3v) is 3.95. The van der Waals surface area contributed by atoms with Crippen LogP contribution in [0.15, 0.2) is 12.3 Å². The van der Waals surface area contributed by atoms with E-state index in [2.05, 4.69) is 15.2 Å². The lowest BCUT2D eigenvalue weighted by molar-refractivity contribution is -0.137. The summed E-state index contributed by atoms with van der Waals surface area (Å²) in [6, 6.07) is 1.50. The summed E-state index contributed by atoms with van der Waals surface area (Å²) in [5.41, 5.74) is -0.0799. The zero-order valence-corrected chi connectivity index (χ0v) is 11.2. The Bertz CT molecular complexity index is 503. The molecule has 4 nitrogen and oxygen atoms in total. The molecule has 2 aliphatic heterocycles. The van der Waals surface area contributed by atoms with Gasteiger partial charge in [0.05, 0.1) is 17.3 Å². The van der Waals surface area contributed by atoms with Crippen LogP contribution in [0.25, 0.3) is 0 Å². The van der Waals surface area contributed by atoms with Gasteiger partial charge in [-0.1, -0.05) is 0 Å². The predicted octanol–water partition coefficient (Wildman–Crippen LogP) is 1.72. The molecule has 0 radical (unpaired) electrons. The number of nitrogens with one attached hydrogen (secondary N) is 1. The highest BCUT2D eigenvalue weighted by Crippen LogP contribution is 2.38. The summed E-state index contributed by atoms with van der Waals surface area (Å²) in [5.74, 6) is 0.678. The quantitative estimate of drug-likeness (QED) is 0.852. The molecule has 7 heteroatoms. The van der Waals surface area contributed by atoms with E-state index in [9.17, 15) is 13.2 Å². The van der Waals surface area contributed by atoms with Crippen LogP contribution in [0.5, 0.6) is 0 Å². The first-order chi connectivity index (χ1) is 9.50. The second-order valence-electron chi connectivity index (χ2n) is 5.15. The number of hydrogen-bond donors (Lipinski definition) is 1. The van der Waals surface area contributed by atoms with E-state index in [1.54, 1.807) is 0 Å². The van der Waals surface area contributed by atoms with Gasteiger partial charge in [0, 0.05) is 38.9 Å². The average Bonchev–Trinajstić information content (AvgIpc) is 2.44. The van der Waals surface area contributed by atoms with E-state index >= 15 is 0 Å². The molecule has 20 heavy (non-hydrogen) atoms. The van der Waals surface area contributed by atoms with Gasteiger partial charge in [-0.25, -0.2) is 4.98 Å². The molecule has 1 fully saturated rings. The third-order valence-electron chi connectivity index (χ3n) is 3.95. The number of piperazine rings is 1. The molecule has 0 aromatic carbocycles. The van der Waals surface area contributed by atoms with Crippen LogP contribution in [0.2, 0.25) is 0 Å². The van der Waals surface area contributed by atoms with E-state index in [-0.39, 0.29) is 6.04 Å². The van der Waals surface area contributed by atoms with E-state index in [0.717, 1.165) is 32.4 Å². The summed E-state index contributed by atoms with van der Waals surface area (Å²) in [6.45, 7) is 5.84. The van der Waals surface area contributed by atoms with Gasteiger partial charge in [-0.15, -0.1) is 0 Å². The van der Waals surface area contributed by atoms with E-state index in [1.165, 1.54) is 6.07 Å². The summed E-state index contributed by atoms with van der Waals surface area (Å²) in [4.78, 5) is 8.21. The molecule has 1 atom stereocenters. The number of pyridine rings is 1. The first-order valence-electron chi connectivity index (χ1n) is 6.80. The van der Waals surface area contributed by atoms with Crippen LogP contribution in [0.4, 0.5) is 24.7 Å². The maximum absolute atomic E-state index is 12.8. The normalized spacial score (nSPS) is 22.5. The summed E-state index contributed by atoms with van der Waals surface area (Å²) in [7, 11) is 0. The van der Waals surface area contributed by atoms with E-state index in [1.807, 2.05) is 11.8 Å². The average molecular weight is 286 g/mol. The Morgan fingerprint density at radius 2 is 2.25 bits per heavy atom. The Hall–Kier alpha value is -1.50. The molecule has 1 N–H and O–H groups in total. The highest BCUT2D eigenvalue weighted by molar-refractivity contribution is 5.71. The third kappa shape index (κ3) is 2.19. The van der Waals surface area contributed by atoms with Gasteiger partial charge in [-0.2, -0.15) is 13.2 Å². The van der Waals surface area contributed by atoms with Crippen LogP contribution in [0.1, 0.15) is 12.5 Å². The number of likely N-dealkylation sites (N-methyl/N-ethyl adjacent to an activating group) is 1. The van der Waals surface area contributed by atoms with Gasteiger partial charge in [0.15, 0.2) is 5.82 Å². The van der Waals surface area contributed by atoms with E-state index in [4.69, 9.17) is 0 Å². The fourth-order valence-corrected chi connectivity index (χ4v) is 2.91. The second-order valence-corrected chi connectivity index (χ2v) is 5.15. The minimum Gasteiger partial charge on any atom is -0.367 e. The van der Waals surface area contributed by atoms with Crippen molar-refractivity contribution in [1.29, 1.82) is 0 Å². The Morgan fingerprint density at radius 1 is 1.45 bits per heavy atom. The first kappa shape index (κ1) is 13.5. The molecule has 0 bridgehead atoms. The molecule has 3 heterocycles. The van der Waals surface area contributed by atoms with Crippen LogP contribution < -0.4 is 15.1 Å². The highest BCUT2D eigenvalue weighted by atomic mass is 19.4. The molecule has 0 amide bonds. The van der Waals surface area contributed by atoms with Gasteiger partial charge >= 0.3 is 6.18 Å². The number of rotatable bonds is 1. The molecular weight excluding hydrogens is 269 g/mol. The van der Waals surface area contributed by atoms with Crippen LogP contribution in [-0.2, 0) is 6.18 Å². The number of fused-ring (bicyclic) bond motifs is 3. The SMILES string of the molecule is CCN1C[C@@H]2CNCCN2c2ncc(C(F)(F)F)cc21. The molecule has 110 valence electrons. The number of nitrogens with zero attached hydrogens (tertiary/aromatic N) is 3. The molecule has 0 spiro atoms. The van der Waals surface area contributed by atoms with Crippen LogP contribution >= 0.6 is 0 Å². The standard InChI is InChI=1S/C13H17F3N4/c1-2-19-8-10-7-17-3-4-20(10)12-11(19)5-9(6-18-12)13(14,15)16/h5-6,10,17H,2-4,7-8H2,1H3/t10-/m0/s1. The van der Waals surface area contributed by atoms with Crippen molar-refractivity contribution in [1.82, 2.24) is 10.3 Å². The summed E-state index contributed by atoms with van der Waals surface area (Å²) in [5, 5.41) is 3.32. The van der Waals surface area contributed by atoms with Crippen molar-refractivity contribution in [3.05, 3.63) is 17.8 Å². The van der Waals surface area contributed by atoms with Crippen molar-refractivity contribution in [2.45, 2.75) is 19.1 Å². The number of hydrogen-bond acceptors (Lipinski definition) is 4. The predicted molar refractivity (Wildman–Crippen MR) is 71.1 cm³/mol. The van der Waals surface area contributed by atoms with Crippen molar-refractivity contribution in [2.75, 3.05) is 42.5 Å². The number of anilines is 2.